The summed E-state index contributed by atoms with van der Waals surface area (Å²) in [6.07, 6.45) is 8.19. The summed E-state index contributed by atoms with van der Waals surface area (Å²) in [6, 6.07) is 8.77. The second-order valence-electron chi connectivity index (χ2n) is 16.0. The molecule has 3 N–H and O–H groups in total. The Bertz CT molecular complexity index is 1170. The van der Waals surface area contributed by atoms with Gasteiger partial charge in [0.2, 0.25) is 0 Å². The summed E-state index contributed by atoms with van der Waals surface area (Å²) < 4.78 is 0. The van der Waals surface area contributed by atoms with Crippen molar-refractivity contribution < 1.29 is 32.0 Å². The van der Waals surface area contributed by atoms with Gasteiger partial charge >= 0.3 is 0 Å². The summed E-state index contributed by atoms with van der Waals surface area (Å²) in [5.74, 6) is 0.678. The minimum atomic E-state index is -0.173. The van der Waals surface area contributed by atoms with Crippen LogP contribution in [0.2, 0.25) is 0 Å². The summed E-state index contributed by atoms with van der Waals surface area (Å²) in [5.41, 5.74) is 5.56. The summed E-state index contributed by atoms with van der Waals surface area (Å²) in [6.45, 7) is 26.1. The summed E-state index contributed by atoms with van der Waals surface area (Å²) in [5, 5.41) is 22.5. The average Bonchev–Trinajstić information content (AvgIpc) is 2.80. The van der Waals surface area contributed by atoms with Crippen LogP contribution in [0.15, 0.2) is 29.3 Å². The Morgan fingerprint density at radius 1 is 0.659 bits per heavy atom. The monoisotopic (exact) mass is 606 g/mol. The molecule has 0 aromatic heterocycles. The molecule has 2 unspecified atom stereocenters. The second-order valence-corrected chi connectivity index (χ2v) is 16.0. The third-order valence-corrected chi connectivity index (χ3v) is 8.21. The first-order valence-corrected chi connectivity index (χ1v) is 15.1. The van der Waals surface area contributed by atoms with E-state index in [1.54, 1.807) is 0 Å². The molecule has 229 valence electrons. The van der Waals surface area contributed by atoms with Gasteiger partial charge in [0.1, 0.15) is 17.5 Å². The van der Waals surface area contributed by atoms with Crippen molar-refractivity contribution in [2.45, 2.75) is 143 Å². The van der Waals surface area contributed by atoms with Crippen molar-refractivity contribution in [2.75, 3.05) is 0 Å². The molecular weight excluding hydrogens is 551 g/mol. The minimum Gasteiger partial charge on any atom is -0.507 e. The molecule has 0 aliphatic heterocycles. The molecule has 41 heavy (non-hydrogen) atoms. The van der Waals surface area contributed by atoms with Gasteiger partial charge in [-0.2, -0.15) is 0 Å². The molecule has 0 spiro atoms. The summed E-state index contributed by atoms with van der Waals surface area (Å²) in [4.78, 5) is 8.71. The van der Waals surface area contributed by atoms with Gasteiger partial charge in [0.15, 0.2) is 12.3 Å². The van der Waals surface area contributed by atoms with Crippen molar-refractivity contribution in [3.63, 3.8) is 0 Å². The van der Waals surface area contributed by atoms with Crippen molar-refractivity contribution in [1.29, 1.82) is 0 Å². The fourth-order valence-corrected chi connectivity index (χ4v) is 5.39. The van der Waals surface area contributed by atoms with E-state index < -0.39 is 0 Å². The van der Waals surface area contributed by atoms with Crippen molar-refractivity contribution >= 4 is 12.4 Å². The van der Waals surface area contributed by atoms with E-state index in [1.807, 2.05) is 12.4 Å². The zero-order valence-corrected chi connectivity index (χ0v) is 28.7. The van der Waals surface area contributed by atoms with Gasteiger partial charge in [-0.05, 0) is 57.8 Å². The molecule has 2 aromatic carbocycles. The van der Waals surface area contributed by atoms with E-state index in [9.17, 15) is 10.2 Å². The predicted molar refractivity (Wildman–Crippen MR) is 171 cm³/mol. The van der Waals surface area contributed by atoms with Gasteiger partial charge in [-0.25, -0.2) is 4.99 Å². The summed E-state index contributed by atoms with van der Waals surface area (Å²) in [7, 11) is 0. The van der Waals surface area contributed by atoms with Gasteiger partial charge in [-0.1, -0.05) is 102 Å². The Morgan fingerprint density at radius 2 is 1.10 bits per heavy atom. The average molecular weight is 607 g/mol. The molecular formula is C36H55CoN2O2+. The van der Waals surface area contributed by atoms with Crippen molar-refractivity contribution in [1.82, 2.24) is 0 Å². The van der Waals surface area contributed by atoms with Crippen molar-refractivity contribution in [3.8, 4) is 11.5 Å². The molecule has 2 aromatic rings. The van der Waals surface area contributed by atoms with Crippen LogP contribution in [0.5, 0.6) is 11.5 Å². The molecule has 0 heterocycles. The number of aliphatic imine (C=N–C) groups is 1. The van der Waals surface area contributed by atoms with E-state index in [0.717, 1.165) is 47.9 Å². The van der Waals surface area contributed by atoms with Gasteiger partial charge < -0.3 is 10.2 Å². The summed E-state index contributed by atoms with van der Waals surface area (Å²) >= 11 is 0. The first-order valence-electron chi connectivity index (χ1n) is 15.1. The van der Waals surface area contributed by atoms with Gasteiger partial charge in [0.25, 0.3) is 0 Å². The van der Waals surface area contributed by atoms with E-state index in [0.29, 0.717) is 11.5 Å². The number of nitrogens with one attached hydrogen (secondary N) is 1. The molecule has 2 atom stereocenters. The molecule has 0 saturated heterocycles. The number of phenolic OH excluding ortho intramolecular Hbond substituents is 2. The quantitative estimate of drug-likeness (QED) is 0.322. The van der Waals surface area contributed by atoms with E-state index >= 15 is 0 Å². The van der Waals surface area contributed by atoms with Crippen LogP contribution in [0, 0.1) is 0 Å². The number of hydrogen-bond acceptors (Lipinski definition) is 3. The molecule has 1 radical (unpaired) electrons. The van der Waals surface area contributed by atoms with Crippen LogP contribution in [0.4, 0.5) is 0 Å². The van der Waals surface area contributed by atoms with Gasteiger partial charge in [-0.3, -0.25) is 4.99 Å². The number of nitrogens with zero attached hydrogens (tertiary/aromatic N) is 1. The smallest absolute Gasteiger partial charge is 0.173 e. The Morgan fingerprint density at radius 3 is 1.56 bits per heavy atom. The number of hydrogen-bond donors (Lipinski definition) is 3. The van der Waals surface area contributed by atoms with Crippen molar-refractivity contribution in [2.24, 2.45) is 4.99 Å². The largest absolute Gasteiger partial charge is 0.507 e. The Hall–Kier alpha value is -2.11. The van der Waals surface area contributed by atoms with E-state index in [2.05, 4.69) is 112 Å². The molecule has 1 aliphatic carbocycles. The first kappa shape index (κ1) is 35.1. The Labute approximate surface area is 260 Å². The van der Waals surface area contributed by atoms with E-state index in [-0.39, 0.29) is 50.5 Å². The number of aromatic hydroxyl groups is 2. The molecule has 1 aliphatic rings. The molecule has 3 rings (SSSR count). The Balaban J connectivity index is 0.00000588. The third-order valence-electron chi connectivity index (χ3n) is 8.21. The fraction of sp³-hybridized carbons (Fsp3) is 0.611. The van der Waals surface area contributed by atoms with Crippen LogP contribution in [0.3, 0.4) is 0 Å². The fourth-order valence-electron chi connectivity index (χ4n) is 5.39. The molecule has 0 amide bonds. The SMILES string of the molecule is CC(C)(C)c1cc(C=NC2CCCCC2[NH+]=Cc2cc(C(C)(C)C)cc(C(C)(C)C)c2O)c(O)c(C(C)(C)C)c1.[Co]. The van der Waals surface area contributed by atoms with Gasteiger partial charge in [0.05, 0.1) is 5.56 Å². The first-order chi connectivity index (χ1) is 18.2. The molecule has 1 fully saturated rings. The van der Waals surface area contributed by atoms with Crippen LogP contribution in [0.1, 0.15) is 142 Å². The topological polar surface area (TPSA) is 66.8 Å². The Kier molecular flexibility index (Phi) is 10.8. The second kappa shape index (κ2) is 12.6. The van der Waals surface area contributed by atoms with Crippen LogP contribution in [0.25, 0.3) is 0 Å². The number of rotatable bonds is 4. The molecule has 1 saturated carbocycles. The van der Waals surface area contributed by atoms with Crippen LogP contribution in [-0.2, 0) is 38.4 Å². The molecule has 0 bridgehead atoms. The maximum Gasteiger partial charge on any atom is 0.173 e. The molecule has 5 heteroatoms. The van der Waals surface area contributed by atoms with E-state index in [1.165, 1.54) is 11.1 Å². The maximum atomic E-state index is 11.2. The minimum absolute atomic E-state index is 0. The van der Waals surface area contributed by atoms with E-state index in [4.69, 9.17) is 4.99 Å². The van der Waals surface area contributed by atoms with Crippen LogP contribution >= 0.6 is 0 Å². The van der Waals surface area contributed by atoms with Gasteiger partial charge in [0, 0.05) is 46.1 Å². The zero-order chi connectivity index (χ0) is 30.3. The standard InChI is InChI=1S/C36H54N2O2.Co/c1-33(2,3)25-17-23(31(39)27(19-25)35(7,8)9)21-37-29-15-13-14-16-30(29)38-22-24-18-26(34(4,5)6)20-28(32(24)40)36(10,11)12;/h17-22,29-30,39-40H,13-16H2,1-12H3;/p+1. The van der Waals surface area contributed by atoms with Gasteiger partial charge in [-0.15, -0.1) is 0 Å². The zero-order valence-electron chi connectivity index (χ0n) is 27.6. The van der Waals surface area contributed by atoms with Crippen LogP contribution in [-0.4, -0.2) is 34.7 Å². The maximum absolute atomic E-state index is 11.2. The molecule has 4 nitrogen and oxygen atoms in total. The third kappa shape index (κ3) is 8.70. The number of phenols is 2. The predicted octanol–water partition coefficient (Wildman–Crippen LogP) is 7.22. The van der Waals surface area contributed by atoms with Crippen LogP contribution < -0.4 is 4.99 Å². The normalized spacial score (nSPS) is 19.1. The number of benzene rings is 2. The van der Waals surface area contributed by atoms with Crippen molar-refractivity contribution in [3.05, 3.63) is 57.6 Å².